The molecule has 0 amide bonds. The maximum atomic E-state index is 12.2. The van der Waals surface area contributed by atoms with Gasteiger partial charge in [-0.3, -0.25) is 9.78 Å². The molecule has 1 aliphatic rings. The molecule has 0 saturated heterocycles. The first-order chi connectivity index (χ1) is 13.5. The summed E-state index contributed by atoms with van der Waals surface area (Å²) in [5, 5.41) is 4.38. The van der Waals surface area contributed by atoms with Crippen molar-refractivity contribution < 1.29 is 4.39 Å². The summed E-state index contributed by atoms with van der Waals surface area (Å²) in [7, 11) is 0. The number of aromatic nitrogens is 5. The molecule has 142 valence electrons. The van der Waals surface area contributed by atoms with E-state index in [9.17, 15) is 14.0 Å². The first-order valence-corrected chi connectivity index (χ1v) is 8.90. The van der Waals surface area contributed by atoms with Crippen LogP contribution >= 0.6 is 0 Å². The Morgan fingerprint density at radius 2 is 2.04 bits per heavy atom. The Balaban J connectivity index is 0.000000203. The maximum Gasteiger partial charge on any atom is 0.325 e. The monoisotopic (exact) mass is 379 g/mol. The summed E-state index contributed by atoms with van der Waals surface area (Å²) in [5.74, 6) is 0.327. The molecule has 8 heteroatoms. The van der Waals surface area contributed by atoms with Gasteiger partial charge < -0.3 is 4.98 Å². The van der Waals surface area contributed by atoms with Gasteiger partial charge in [0.15, 0.2) is 5.65 Å². The average Bonchev–Trinajstić information content (AvgIpc) is 3.38. The Labute approximate surface area is 158 Å². The van der Waals surface area contributed by atoms with Gasteiger partial charge in [-0.25, -0.2) is 18.7 Å². The van der Waals surface area contributed by atoms with Crippen LogP contribution in [0.25, 0.3) is 16.9 Å². The summed E-state index contributed by atoms with van der Waals surface area (Å²) in [5.41, 5.74) is 2.82. The second kappa shape index (κ2) is 7.22. The topological polar surface area (TPSA) is 95.9 Å². The molecule has 0 aliphatic heterocycles. The Morgan fingerprint density at radius 1 is 1.21 bits per heavy atom. The Bertz CT molecular complexity index is 1240. The van der Waals surface area contributed by atoms with Gasteiger partial charge in [0.05, 0.1) is 11.3 Å². The van der Waals surface area contributed by atoms with E-state index in [4.69, 9.17) is 0 Å². The van der Waals surface area contributed by atoms with Gasteiger partial charge in [-0.1, -0.05) is 12.1 Å². The van der Waals surface area contributed by atoms with Crippen LogP contribution in [0.2, 0.25) is 0 Å². The van der Waals surface area contributed by atoms with Gasteiger partial charge >= 0.3 is 5.69 Å². The lowest BCUT2D eigenvalue weighted by atomic mass is 10.1. The standard InChI is InChI=1S/C13H11N5O2.C7H7F/c19-12-9(6-15-13(20)16-12)10-5-8(7-1-2-7)11-14-3-4-18(11)17-10;1-6-3-2-4-7(8)5-6/h3-7H,1-2H2,(H2,15,16,19,20);2-5H,1H3. The molecular formula is C20H18FN5O2. The first kappa shape index (κ1) is 17.8. The molecule has 3 heterocycles. The molecule has 5 rings (SSSR count). The minimum absolute atomic E-state index is 0.162. The number of aryl methyl sites for hydroxylation is 1. The molecule has 0 spiro atoms. The van der Waals surface area contributed by atoms with Crippen molar-refractivity contribution in [3.05, 3.63) is 86.7 Å². The number of nitrogens with one attached hydrogen (secondary N) is 2. The maximum absolute atomic E-state index is 12.2. The van der Waals surface area contributed by atoms with Crippen LogP contribution in [0.3, 0.4) is 0 Å². The number of hydrogen-bond donors (Lipinski definition) is 2. The largest absolute Gasteiger partial charge is 0.325 e. The van der Waals surface area contributed by atoms with E-state index < -0.39 is 11.2 Å². The highest BCUT2D eigenvalue weighted by molar-refractivity contribution is 5.62. The third-order valence-electron chi connectivity index (χ3n) is 4.48. The highest BCUT2D eigenvalue weighted by atomic mass is 19.1. The zero-order chi connectivity index (χ0) is 19.7. The summed E-state index contributed by atoms with van der Waals surface area (Å²) in [6.45, 7) is 1.86. The third kappa shape index (κ3) is 3.75. The molecule has 0 radical (unpaired) electrons. The van der Waals surface area contributed by atoms with Crippen molar-refractivity contribution in [3.8, 4) is 11.3 Å². The predicted molar refractivity (Wildman–Crippen MR) is 103 cm³/mol. The molecule has 2 N–H and O–H groups in total. The number of H-pyrrole nitrogens is 2. The van der Waals surface area contributed by atoms with Crippen molar-refractivity contribution in [1.82, 2.24) is 24.6 Å². The van der Waals surface area contributed by atoms with Crippen LogP contribution in [0, 0.1) is 12.7 Å². The molecule has 0 unspecified atom stereocenters. The number of imidazole rings is 1. The number of halogens is 1. The quantitative estimate of drug-likeness (QED) is 0.560. The van der Waals surface area contributed by atoms with Gasteiger partial charge in [0.1, 0.15) is 5.82 Å². The molecule has 1 aromatic carbocycles. The first-order valence-electron chi connectivity index (χ1n) is 8.90. The lowest BCUT2D eigenvalue weighted by molar-refractivity contribution is 0.626. The summed E-state index contributed by atoms with van der Waals surface area (Å²) >= 11 is 0. The highest BCUT2D eigenvalue weighted by Crippen LogP contribution is 2.42. The molecule has 0 bridgehead atoms. The molecule has 3 aromatic heterocycles. The minimum atomic E-state index is -0.523. The van der Waals surface area contributed by atoms with Gasteiger partial charge in [-0.2, -0.15) is 5.10 Å². The zero-order valence-corrected chi connectivity index (χ0v) is 15.1. The third-order valence-corrected chi connectivity index (χ3v) is 4.48. The van der Waals surface area contributed by atoms with Gasteiger partial charge in [0.25, 0.3) is 5.56 Å². The van der Waals surface area contributed by atoms with Crippen molar-refractivity contribution in [2.45, 2.75) is 25.7 Å². The van der Waals surface area contributed by atoms with Crippen molar-refractivity contribution >= 4 is 5.65 Å². The van der Waals surface area contributed by atoms with Crippen molar-refractivity contribution in [2.24, 2.45) is 0 Å². The Morgan fingerprint density at radius 3 is 2.68 bits per heavy atom. The zero-order valence-electron chi connectivity index (χ0n) is 15.1. The number of benzene rings is 1. The smallest absolute Gasteiger partial charge is 0.313 e. The normalized spacial score (nSPS) is 13.2. The van der Waals surface area contributed by atoms with E-state index in [0.717, 1.165) is 29.6 Å². The van der Waals surface area contributed by atoms with Crippen LogP contribution in [-0.2, 0) is 0 Å². The van der Waals surface area contributed by atoms with E-state index in [-0.39, 0.29) is 5.82 Å². The molecule has 7 nitrogen and oxygen atoms in total. The van der Waals surface area contributed by atoms with E-state index in [2.05, 4.69) is 20.1 Å². The lowest BCUT2D eigenvalue weighted by Crippen LogP contribution is -2.23. The Hall–Kier alpha value is -3.55. The van der Waals surface area contributed by atoms with Crippen LogP contribution in [-0.4, -0.2) is 24.6 Å². The second-order valence-electron chi connectivity index (χ2n) is 6.74. The fraction of sp³-hybridized carbons (Fsp3) is 0.200. The second-order valence-corrected chi connectivity index (χ2v) is 6.74. The lowest BCUT2D eigenvalue weighted by Gasteiger charge is -2.05. The fourth-order valence-electron chi connectivity index (χ4n) is 2.97. The van der Waals surface area contributed by atoms with Crippen molar-refractivity contribution in [2.75, 3.05) is 0 Å². The molecule has 28 heavy (non-hydrogen) atoms. The van der Waals surface area contributed by atoms with E-state index in [1.165, 1.54) is 18.3 Å². The van der Waals surface area contributed by atoms with E-state index >= 15 is 0 Å². The van der Waals surface area contributed by atoms with Crippen molar-refractivity contribution in [1.29, 1.82) is 0 Å². The number of hydrogen-bond acceptors (Lipinski definition) is 4. The molecule has 1 aliphatic carbocycles. The van der Waals surface area contributed by atoms with E-state index in [1.54, 1.807) is 23.0 Å². The summed E-state index contributed by atoms with van der Waals surface area (Å²) in [4.78, 5) is 31.9. The minimum Gasteiger partial charge on any atom is -0.313 e. The molecule has 1 fully saturated rings. The van der Waals surface area contributed by atoms with E-state index in [0.29, 0.717) is 17.2 Å². The fourth-order valence-corrected chi connectivity index (χ4v) is 2.97. The Kier molecular flexibility index (Phi) is 4.60. The number of rotatable bonds is 2. The molecule has 1 saturated carbocycles. The summed E-state index contributed by atoms with van der Waals surface area (Å²) in [6.07, 6.45) is 7.10. The van der Waals surface area contributed by atoms with E-state index in [1.807, 2.05) is 19.1 Å². The van der Waals surface area contributed by atoms with Crippen LogP contribution < -0.4 is 11.2 Å². The van der Waals surface area contributed by atoms with Crippen LogP contribution in [0.15, 0.2) is 58.5 Å². The molecular weight excluding hydrogens is 361 g/mol. The highest BCUT2D eigenvalue weighted by Gasteiger charge is 2.27. The average molecular weight is 379 g/mol. The molecule has 0 atom stereocenters. The van der Waals surface area contributed by atoms with Crippen LogP contribution in [0.4, 0.5) is 4.39 Å². The number of fused-ring (bicyclic) bond motifs is 1. The SMILES string of the molecule is Cc1cccc(F)c1.O=c1[nH]cc(-c2cc(C3CC3)c3nccn3n2)c(=O)[nH]1. The number of nitrogens with zero attached hydrogens (tertiary/aromatic N) is 3. The van der Waals surface area contributed by atoms with Crippen molar-refractivity contribution in [3.63, 3.8) is 0 Å². The van der Waals surface area contributed by atoms with Crippen LogP contribution in [0.5, 0.6) is 0 Å². The van der Waals surface area contributed by atoms with Crippen LogP contribution in [0.1, 0.15) is 29.9 Å². The predicted octanol–water partition coefficient (Wildman–Crippen LogP) is 2.78. The van der Waals surface area contributed by atoms with Gasteiger partial charge in [-0.15, -0.1) is 0 Å². The van der Waals surface area contributed by atoms with Gasteiger partial charge in [-0.05, 0) is 49.4 Å². The number of aromatic amines is 2. The summed E-state index contributed by atoms with van der Waals surface area (Å²) in [6, 6.07) is 8.39. The van der Waals surface area contributed by atoms with Gasteiger partial charge in [0, 0.05) is 24.2 Å². The van der Waals surface area contributed by atoms with Gasteiger partial charge in [0.2, 0.25) is 0 Å². The molecule has 4 aromatic rings. The summed E-state index contributed by atoms with van der Waals surface area (Å²) < 4.78 is 13.8.